The summed E-state index contributed by atoms with van der Waals surface area (Å²) in [5.41, 5.74) is -1.20. The molecule has 0 radical (unpaired) electrons. The quantitative estimate of drug-likeness (QED) is 0.839. The Balaban J connectivity index is 2.26. The second-order valence-electron chi connectivity index (χ2n) is 9.03. The van der Waals surface area contributed by atoms with E-state index in [0.717, 1.165) is 5.56 Å². The highest BCUT2D eigenvalue weighted by atomic mass is 19.1. The van der Waals surface area contributed by atoms with Gasteiger partial charge in [0.25, 0.3) is 0 Å². The van der Waals surface area contributed by atoms with Gasteiger partial charge in [-0.1, -0.05) is 17.7 Å². The minimum absolute atomic E-state index is 0.0987. The monoisotopic (exact) mass is 380 g/mol. The average Bonchev–Trinajstić information content (AvgIpc) is 2.41. The molecule has 0 aliphatic carbocycles. The maximum Gasteiger partial charge on any atom is 0.410 e. The smallest absolute Gasteiger partial charge is 0.410 e. The molecule has 1 saturated heterocycles. The number of alkyl carbamates (subject to hydrolysis) is 1. The first-order valence-corrected chi connectivity index (χ1v) is 8.96. The summed E-state index contributed by atoms with van der Waals surface area (Å²) in [7, 11) is 0. The molecule has 1 aliphatic rings. The van der Waals surface area contributed by atoms with E-state index in [0.29, 0.717) is 5.56 Å². The Labute approximate surface area is 160 Å². The third-order valence-electron chi connectivity index (χ3n) is 3.95. The van der Waals surface area contributed by atoms with Crippen molar-refractivity contribution in [2.45, 2.75) is 65.2 Å². The summed E-state index contributed by atoms with van der Waals surface area (Å²) in [5, 5.41) is 2.77. The summed E-state index contributed by atoms with van der Waals surface area (Å²) in [6, 6.07) is 4.70. The van der Waals surface area contributed by atoms with Crippen LogP contribution in [0.2, 0.25) is 0 Å². The maximum absolute atomic E-state index is 14.5. The van der Waals surface area contributed by atoms with Crippen LogP contribution in [0.5, 0.6) is 0 Å². The van der Waals surface area contributed by atoms with Gasteiger partial charge < -0.3 is 19.7 Å². The lowest BCUT2D eigenvalue weighted by atomic mass is 9.81. The van der Waals surface area contributed by atoms with E-state index in [2.05, 4.69) is 5.32 Å². The fraction of sp³-hybridized carbons (Fsp3) is 0.600. The molecule has 1 N–H and O–H groups in total. The van der Waals surface area contributed by atoms with E-state index in [9.17, 15) is 14.0 Å². The fourth-order valence-electron chi connectivity index (χ4n) is 2.88. The van der Waals surface area contributed by atoms with E-state index < -0.39 is 34.7 Å². The summed E-state index contributed by atoms with van der Waals surface area (Å²) >= 11 is 0. The van der Waals surface area contributed by atoms with Crippen molar-refractivity contribution in [1.82, 2.24) is 10.2 Å². The summed E-state index contributed by atoms with van der Waals surface area (Å²) in [4.78, 5) is 26.1. The van der Waals surface area contributed by atoms with Gasteiger partial charge >= 0.3 is 12.2 Å². The Hall–Kier alpha value is -2.31. The van der Waals surface area contributed by atoms with Crippen molar-refractivity contribution in [2.24, 2.45) is 0 Å². The minimum atomic E-state index is -1.06. The fourth-order valence-corrected chi connectivity index (χ4v) is 2.88. The molecule has 2 rings (SSSR count). The van der Waals surface area contributed by atoms with Crippen molar-refractivity contribution in [3.8, 4) is 0 Å². The van der Waals surface area contributed by atoms with Gasteiger partial charge in [-0.15, -0.1) is 0 Å². The lowest BCUT2D eigenvalue weighted by Gasteiger charge is -2.50. The van der Waals surface area contributed by atoms with Crippen LogP contribution in [0.1, 0.15) is 52.7 Å². The second kappa shape index (κ2) is 7.02. The SMILES string of the molecule is Cc1ccc(F)c(C2(NC(=O)OC(C)(C)C)CN(C(=O)OC(C)(C)C)C2)c1. The van der Waals surface area contributed by atoms with Gasteiger partial charge in [0.2, 0.25) is 0 Å². The van der Waals surface area contributed by atoms with Crippen molar-refractivity contribution in [3.05, 3.63) is 35.1 Å². The topological polar surface area (TPSA) is 67.9 Å². The largest absolute Gasteiger partial charge is 0.444 e. The zero-order valence-corrected chi connectivity index (χ0v) is 17.1. The van der Waals surface area contributed by atoms with E-state index in [-0.39, 0.29) is 13.1 Å². The van der Waals surface area contributed by atoms with Crippen LogP contribution >= 0.6 is 0 Å². The lowest BCUT2D eigenvalue weighted by molar-refractivity contribution is -0.0238. The van der Waals surface area contributed by atoms with E-state index in [1.165, 1.54) is 11.0 Å². The number of amides is 2. The number of rotatable bonds is 2. The van der Waals surface area contributed by atoms with Crippen LogP contribution in [0.15, 0.2) is 18.2 Å². The first-order valence-electron chi connectivity index (χ1n) is 8.96. The van der Waals surface area contributed by atoms with Crippen LogP contribution in [0.25, 0.3) is 0 Å². The van der Waals surface area contributed by atoms with Gasteiger partial charge in [-0.3, -0.25) is 0 Å². The molecular formula is C20H29FN2O4. The molecule has 0 unspecified atom stereocenters. The number of benzene rings is 1. The van der Waals surface area contributed by atoms with Crippen molar-refractivity contribution in [2.75, 3.05) is 13.1 Å². The standard InChI is InChI=1S/C20H29FN2O4/c1-13-8-9-15(21)14(10-13)20(22-16(24)26-18(2,3)4)11-23(12-20)17(25)27-19(5,6)7/h8-10H,11-12H2,1-7H3,(H,22,24). The van der Waals surface area contributed by atoms with E-state index in [1.54, 1.807) is 53.7 Å². The number of aryl methyl sites for hydroxylation is 1. The molecule has 1 heterocycles. The molecular weight excluding hydrogens is 351 g/mol. The highest BCUT2D eigenvalue weighted by Crippen LogP contribution is 2.35. The predicted molar refractivity (Wildman–Crippen MR) is 100.0 cm³/mol. The summed E-state index contributed by atoms with van der Waals surface area (Å²) in [6.07, 6.45) is -1.16. The van der Waals surface area contributed by atoms with Gasteiger partial charge in [0.1, 0.15) is 22.6 Å². The van der Waals surface area contributed by atoms with Crippen molar-refractivity contribution in [1.29, 1.82) is 0 Å². The van der Waals surface area contributed by atoms with Gasteiger partial charge in [-0.25, -0.2) is 14.0 Å². The number of halogens is 1. The van der Waals surface area contributed by atoms with E-state index in [1.807, 2.05) is 6.92 Å². The zero-order valence-electron chi connectivity index (χ0n) is 17.1. The number of ether oxygens (including phenoxy) is 2. The molecule has 0 spiro atoms. The summed E-state index contributed by atoms with van der Waals surface area (Å²) in [6.45, 7) is 12.6. The highest BCUT2D eigenvalue weighted by Gasteiger charge is 2.51. The predicted octanol–water partition coefficient (Wildman–Crippen LogP) is 4.10. The number of carbonyl (C=O) groups is 2. The van der Waals surface area contributed by atoms with Gasteiger partial charge in [0.05, 0.1) is 13.1 Å². The van der Waals surface area contributed by atoms with Crippen LogP contribution in [0.4, 0.5) is 14.0 Å². The number of hydrogen-bond acceptors (Lipinski definition) is 4. The lowest BCUT2D eigenvalue weighted by Crippen LogP contribution is -2.69. The van der Waals surface area contributed by atoms with Crippen LogP contribution in [-0.4, -0.2) is 41.4 Å². The molecule has 1 aromatic carbocycles. The zero-order chi connectivity index (χ0) is 20.6. The molecule has 0 saturated carbocycles. The number of nitrogens with zero attached hydrogens (tertiary/aromatic N) is 1. The van der Waals surface area contributed by atoms with E-state index >= 15 is 0 Å². The third-order valence-corrected chi connectivity index (χ3v) is 3.95. The van der Waals surface area contributed by atoms with Gasteiger partial charge in [-0.05, 0) is 54.5 Å². The molecule has 0 aromatic heterocycles. The molecule has 2 amide bonds. The van der Waals surface area contributed by atoms with Crippen LogP contribution in [0.3, 0.4) is 0 Å². The number of nitrogens with one attached hydrogen (secondary N) is 1. The molecule has 150 valence electrons. The first-order chi connectivity index (χ1) is 12.2. The molecule has 0 atom stereocenters. The molecule has 0 bridgehead atoms. The normalized spacial score (nSPS) is 16.4. The maximum atomic E-state index is 14.5. The third kappa shape index (κ3) is 5.34. The minimum Gasteiger partial charge on any atom is -0.444 e. The number of hydrogen-bond donors (Lipinski definition) is 1. The van der Waals surface area contributed by atoms with Gasteiger partial charge in [0.15, 0.2) is 0 Å². The van der Waals surface area contributed by atoms with Gasteiger partial charge in [-0.2, -0.15) is 0 Å². The summed E-state index contributed by atoms with van der Waals surface area (Å²) in [5.74, 6) is -0.444. The average molecular weight is 380 g/mol. The second-order valence-corrected chi connectivity index (χ2v) is 9.03. The molecule has 1 aromatic rings. The molecule has 7 heteroatoms. The highest BCUT2D eigenvalue weighted by molar-refractivity contribution is 5.73. The number of likely N-dealkylation sites (tertiary alicyclic amines) is 1. The molecule has 1 aliphatic heterocycles. The van der Waals surface area contributed by atoms with Crippen molar-refractivity contribution >= 4 is 12.2 Å². The van der Waals surface area contributed by atoms with Crippen LogP contribution < -0.4 is 5.32 Å². The summed E-state index contributed by atoms with van der Waals surface area (Å²) < 4.78 is 25.2. The van der Waals surface area contributed by atoms with Crippen LogP contribution in [0, 0.1) is 12.7 Å². The Morgan fingerprint density at radius 2 is 1.63 bits per heavy atom. The molecule has 1 fully saturated rings. The Morgan fingerprint density at radius 3 is 2.15 bits per heavy atom. The van der Waals surface area contributed by atoms with Crippen molar-refractivity contribution < 1.29 is 23.5 Å². The number of carbonyl (C=O) groups excluding carboxylic acids is 2. The Morgan fingerprint density at radius 1 is 1.07 bits per heavy atom. The molecule has 27 heavy (non-hydrogen) atoms. The Kier molecular flexibility index (Phi) is 5.46. The first kappa shape index (κ1) is 21.0. The van der Waals surface area contributed by atoms with Crippen LogP contribution in [-0.2, 0) is 15.0 Å². The van der Waals surface area contributed by atoms with Crippen molar-refractivity contribution in [3.63, 3.8) is 0 Å². The van der Waals surface area contributed by atoms with E-state index in [4.69, 9.17) is 9.47 Å². The molecule has 6 nitrogen and oxygen atoms in total. The van der Waals surface area contributed by atoms with Gasteiger partial charge in [0, 0.05) is 5.56 Å². The Bertz CT molecular complexity index is 728.